The highest BCUT2D eigenvalue weighted by molar-refractivity contribution is 5.78. The molecule has 0 atom stereocenters. The molecular weight excluding hydrogens is 260 g/mol. The summed E-state index contributed by atoms with van der Waals surface area (Å²) in [6.07, 6.45) is 4.52. The molecule has 3 nitrogen and oxygen atoms in total. The molecule has 1 aromatic rings. The van der Waals surface area contributed by atoms with Gasteiger partial charge in [-0.3, -0.25) is 9.69 Å². The SMILES string of the molecule is CCCCCN(CC(=O)NCCc1ccccc1)C(C)C. The highest BCUT2D eigenvalue weighted by atomic mass is 16.2. The Morgan fingerprint density at radius 3 is 2.52 bits per heavy atom. The van der Waals surface area contributed by atoms with Gasteiger partial charge in [-0.2, -0.15) is 0 Å². The monoisotopic (exact) mass is 290 g/mol. The fourth-order valence-corrected chi connectivity index (χ4v) is 2.32. The van der Waals surface area contributed by atoms with Crippen molar-refractivity contribution < 1.29 is 4.79 Å². The van der Waals surface area contributed by atoms with Crippen molar-refractivity contribution in [3.63, 3.8) is 0 Å². The van der Waals surface area contributed by atoms with E-state index in [4.69, 9.17) is 0 Å². The minimum atomic E-state index is 0.135. The molecule has 0 aromatic heterocycles. The van der Waals surface area contributed by atoms with Gasteiger partial charge in [-0.05, 0) is 38.8 Å². The van der Waals surface area contributed by atoms with E-state index in [9.17, 15) is 4.79 Å². The van der Waals surface area contributed by atoms with Gasteiger partial charge in [0.25, 0.3) is 0 Å². The lowest BCUT2D eigenvalue weighted by molar-refractivity contribution is -0.122. The second-order valence-corrected chi connectivity index (χ2v) is 5.86. The van der Waals surface area contributed by atoms with Crippen LogP contribution in [0.15, 0.2) is 30.3 Å². The summed E-state index contributed by atoms with van der Waals surface area (Å²) in [7, 11) is 0. The molecule has 0 aliphatic carbocycles. The van der Waals surface area contributed by atoms with Crippen molar-refractivity contribution in [2.75, 3.05) is 19.6 Å². The van der Waals surface area contributed by atoms with Crippen molar-refractivity contribution in [1.29, 1.82) is 0 Å². The topological polar surface area (TPSA) is 32.3 Å². The van der Waals surface area contributed by atoms with Gasteiger partial charge in [0.1, 0.15) is 0 Å². The maximum absolute atomic E-state index is 12.0. The van der Waals surface area contributed by atoms with Crippen LogP contribution in [0.2, 0.25) is 0 Å². The Balaban J connectivity index is 2.26. The van der Waals surface area contributed by atoms with Gasteiger partial charge in [0.05, 0.1) is 6.54 Å². The van der Waals surface area contributed by atoms with Crippen LogP contribution < -0.4 is 5.32 Å². The largest absolute Gasteiger partial charge is 0.355 e. The van der Waals surface area contributed by atoms with Crippen molar-refractivity contribution in [1.82, 2.24) is 10.2 Å². The van der Waals surface area contributed by atoms with E-state index in [2.05, 4.69) is 43.1 Å². The molecule has 0 aliphatic heterocycles. The lowest BCUT2D eigenvalue weighted by Gasteiger charge is -2.25. The minimum Gasteiger partial charge on any atom is -0.355 e. The Morgan fingerprint density at radius 2 is 1.90 bits per heavy atom. The van der Waals surface area contributed by atoms with Gasteiger partial charge >= 0.3 is 0 Å². The first kappa shape index (κ1) is 17.7. The van der Waals surface area contributed by atoms with E-state index in [1.54, 1.807) is 0 Å². The molecule has 1 aromatic carbocycles. The third-order valence-corrected chi connectivity index (χ3v) is 3.70. The number of rotatable bonds is 10. The zero-order valence-electron chi connectivity index (χ0n) is 13.8. The first-order valence-corrected chi connectivity index (χ1v) is 8.18. The minimum absolute atomic E-state index is 0.135. The molecule has 3 heteroatoms. The van der Waals surface area contributed by atoms with Crippen molar-refractivity contribution >= 4 is 5.91 Å². The number of nitrogens with one attached hydrogen (secondary N) is 1. The molecule has 0 bridgehead atoms. The van der Waals surface area contributed by atoms with E-state index in [0.717, 1.165) is 13.0 Å². The smallest absolute Gasteiger partial charge is 0.234 e. The molecular formula is C18H30N2O. The van der Waals surface area contributed by atoms with Crippen LogP contribution in [0.1, 0.15) is 45.6 Å². The van der Waals surface area contributed by atoms with Crippen molar-refractivity contribution in [3.8, 4) is 0 Å². The van der Waals surface area contributed by atoms with Gasteiger partial charge in [-0.25, -0.2) is 0 Å². The van der Waals surface area contributed by atoms with Gasteiger partial charge in [-0.1, -0.05) is 50.1 Å². The quantitative estimate of drug-likeness (QED) is 0.671. The summed E-state index contributed by atoms with van der Waals surface area (Å²) < 4.78 is 0. The molecule has 0 heterocycles. The number of hydrogen-bond acceptors (Lipinski definition) is 2. The van der Waals surface area contributed by atoms with Gasteiger partial charge in [0, 0.05) is 12.6 Å². The van der Waals surface area contributed by atoms with E-state index in [1.807, 2.05) is 18.2 Å². The van der Waals surface area contributed by atoms with Crippen molar-refractivity contribution in [3.05, 3.63) is 35.9 Å². The van der Waals surface area contributed by atoms with E-state index in [0.29, 0.717) is 19.1 Å². The van der Waals surface area contributed by atoms with Crippen molar-refractivity contribution in [2.24, 2.45) is 0 Å². The number of nitrogens with zero attached hydrogens (tertiary/aromatic N) is 1. The number of hydrogen-bond donors (Lipinski definition) is 1. The van der Waals surface area contributed by atoms with E-state index < -0.39 is 0 Å². The molecule has 0 saturated carbocycles. The molecule has 0 radical (unpaired) electrons. The molecule has 0 spiro atoms. The third kappa shape index (κ3) is 7.86. The number of carbonyl (C=O) groups excluding carboxylic acids is 1. The van der Waals surface area contributed by atoms with Crippen LogP contribution in [0.3, 0.4) is 0 Å². The average Bonchev–Trinajstić information content (AvgIpc) is 2.47. The number of unbranched alkanes of at least 4 members (excludes halogenated alkanes) is 2. The maximum atomic E-state index is 12.0. The van der Waals surface area contributed by atoms with E-state index in [1.165, 1.54) is 24.8 Å². The van der Waals surface area contributed by atoms with Crippen LogP contribution in [0.4, 0.5) is 0 Å². The van der Waals surface area contributed by atoms with Crippen LogP contribution in [0, 0.1) is 0 Å². The van der Waals surface area contributed by atoms with Gasteiger partial charge in [0.2, 0.25) is 5.91 Å². The highest BCUT2D eigenvalue weighted by Gasteiger charge is 2.13. The zero-order chi connectivity index (χ0) is 15.5. The van der Waals surface area contributed by atoms with Crippen LogP contribution >= 0.6 is 0 Å². The van der Waals surface area contributed by atoms with Crippen LogP contribution in [-0.4, -0.2) is 36.5 Å². The third-order valence-electron chi connectivity index (χ3n) is 3.70. The average molecular weight is 290 g/mol. The number of amides is 1. The first-order valence-electron chi connectivity index (χ1n) is 8.18. The molecule has 1 rings (SSSR count). The molecule has 0 fully saturated rings. The number of carbonyl (C=O) groups is 1. The Morgan fingerprint density at radius 1 is 1.19 bits per heavy atom. The molecule has 1 amide bonds. The molecule has 21 heavy (non-hydrogen) atoms. The molecule has 0 unspecified atom stereocenters. The Kier molecular flexibility index (Phi) is 8.76. The summed E-state index contributed by atoms with van der Waals surface area (Å²) >= 11 is 0. The Hall–Kier alpha value is -1.35. The van der Waals surface area contributed by atoms with Gasteiger partial charge < -0.3 is 5.32 Å². The summed E-state index contributed by atoms with van der Waals surface area (Å²) in [5.41, 5.74) is 1.27. The fourth-order valence-electron chi connectivity index (χ4n) is 2.32. The van der Waals surface area contributed by atoms with Crippen LogP contribution in [0.5, 0.6) is 0 Å². The fraction of sp³-hybridized carbons (Fsp3) is 0.611. The van der Waals surface area contributed by atoms with Crippen molar-refractivity contribution in [2.45, 2.75) is 52.5 Å². The summed E-state index contributed by atoms with van der Waals surface area (Å²) in [5.74, 6) is 0.135. The summed E-state index contributed by atoms with van der Waals surface area (Å²) in [6, 6.07) is 10.7. The highest BCUT2D eigenvalue weighted by Crippen LogP contribution is 2.03. The normalized spacial score (nSPS) is 11.1. The second-order valence-electron chi connectivity index (χ2n) is 5.86. The lowest BCUT2D eigenvalue weighted by atomic mass is 10.1. The molecule has 1 N–H and O–H groups in total. The lowest BCUT2D eigenvalue weighted by Crippen LogP contribution is -2.41. The Bertz CT molecular complexity index is 389. The zero-order valence-corrected chi connectivity index (χ0v) is 13.8. The van der Waals surface area contributed by atoms with E-state index in [-0.39, 0.29) is 5.91 Å². The summed E-state index contributed by atoms with van der Waals surface area (Å²) in [5, 5.41) is 3.03. The van der Waals surface area contributed by atoms with Crippen LogP contribution in [0.25, 0.3) is 0 Å². The predicted molar refractivity (Wildman–Crippen MR) is 89.4 cm³/mol. The molecule has 0 saturated heterocycles. The summed E-state index contributed by atoms with van der Waals surface area (Å²) in [6.45, 7) is 8.75. The molecule has 0 aliphatic rings. The van der Waals surface area contributed by atoms with Crippen LogP contribution in [-0.2, 0) is 11.2 Å². The first-order chi connectivity index (χ1) is 10.1. The second kappa shape index (κ2) is 10.4. The van der Waals surface area contributed by atoms with E-state index >= 15 is 0 Å². The molecule has 118 valence electrons. The standard InChI is InChI=1S/C18H30N2O/c1-4-5-9-14-20(16(2)3)15-18(21)19-13-12-17-10-7-6-8-11-17/h6-8,10-11,16H,4-5,9,12-15H2,1-3H3,(H,19,21). The maximum Gasteiger partial charge on any atom is 0.234 e. The predicted octanol–water partition coefficient (Wildman–Crippen LogP) is 3.25. The van der Waals surface area contributed by atoms with Gasteiger partial charge in [-0.15, -0.1) is 0 Å². The Labute approximate surface area is 129 Å². The van der Waals surface area contributed by atoms with Gasteiger partial charge in [0.15, 0.2) is 0 Å². The number of benzene rings is 1. The summed E-state index contributed by atoms with van der Waals surface area (Å²) in [4.78, 5) is 14.3.